The van der Waals surface area contributed by atoms with E-state index < -0.39 is 5.41 Å². The van der Waals surface area contributed by atoms with Gasteiger partial charge in [-0.1, -0.05) is 70.5 Å². The molecule has 0 spiro atoms. The Hall–Kier alpha value is -2.62. The second kappa shape index (κ2) is 9.84. The molecule has 0 amide bonds. The zero-order valence-electron chi connectivity index (χ0n) is 24.0. The van der Waals surface area contributed by atoms with E-state index >= 15 is 0 Å². The van der Waals surface area contributed by atoms with Gasteiger partial charge in [0.15, 0.2) is 0 Å². The molecule has 0 heterocycles. The molecule has 0 bridgehead atoms. The van der Waals surface area contributed by atoms with Gasteiger partial charge in [0.2, 0.25) is 0 Å². The monoisotopic (exact) mass is 516 g/mol. The van der Waals surface area contributed by atoms with Crippen LogP contribution in [0.2, 0.25) is 0 Å². The van der Waals surface area contributed by atoms with Gasteiger partial charge >= 0.3 is 5.97 Å². The molecule has 0 N–H and O–H groups in total. The number of carbonyl (C=O) groups is 2. The molecule has 0 aromatic heterocycles. The summed E-state index contributed by atoms with van der Waals surface area (Å²) in [5.74, 6) is 1.16. The Kier molecular flexibility index (Phi) is 6.99. The number of benzene rings is 2. The van der Waals surface area contributed by atoms with E-state index in [-0.39, 0.29) is 40.5 Å². The molecule has 0 saturated heterocycles. The highest BCUT2D eigenvalue weighted by molar-refractivity contribution is 6.05. The fourth-order valence-corrected chi connectivity index (χ4v) is 8.18. The lowest BCUT2D eigenvalue weighted by atomic mass is 9.49. The summed E-state index contributed by atoms with van der Waals surface area (Å²) in [6.45, 7) is 10.9. The fraction of sp³-hybridized carbons (Fsp3) is 0.588. The molecule has 4 nitrogen and oxygen atoms in total. The molecule has 2 aromatic rings. The second-order valence-corrected chi connectivity index (χ2v) is 13.2. The Balaban J connectivity index is 1.47. The van der Waals surface area contributed by atoms with Crippen LogP contribution in [0.1, 0.15) is 89.8 Å². The number of ketones is 1. The molecule has 0 unspecified atom stereocenters. The molecule has 38 heavy (non-hydrogen) atoms. The van der Waals surface area contributed by atoms with Gasteiger partial charge in [0.1, 0.15) is 23.1 Å². The van der Waals surface area contributed by atoms with Gasteiger partial charge in [-0.15, -0.1) is 0 Å². The summed E-state index contributed by atoms with van der Waals surface area (Å²) < 4.78 is 12.1. The number of esters is 1. The fourth-order valence-electron chi connectivity index (χ4n) is 8.18. The molecule has 3 aliphatic rings. The van der Waals surface area contributed by atoms with Crippen LogP contribution in [0.5, 0.6) is 5.75 Å². The zero-order valence-corrected chi connectivity index (χ0v) is 24.0. The average Bonchev–Trinajstić information content (AvgIpc) is 2.91. The third kappa shape index (κ3) is 4.28. The smallest absolute Gasteiger partial charge is 0.319 e. The van der Waals surface area contributed by atoms with Crippen LogP contribution in [0.3, 0.4) is 0 Å². The van der Waals surface area contributed by atoms with Crippen LogP contribution in [0.25, 0.3) is 0 Å². The van der Waals surface area contributed by atoms with Crippen molar-refractivity contribution < 1.29 is 19.1 Å². The number of ether oxygens (including phenoxy) is 2. The van der Waals surface area contributed by atoms with Crippen molar-refractivity contribution in [3.05, 3.63) is 65.2 Å². The maximum absolute atomic E-state index is 14.3. The first-order chi connectivity index (χ1) is 18.0. The first-order valence-electron chi connectivity index (χ1n) is 14.5. The average molecular weight is 517 g/mol. The second-order valence-electron chi connectivity index (χ2n) is 13.2. The van der Waals surface area contributed by atoms with E-state index in [1.54, 1.807) is 7.11 Å². The minimum atomic E-state index is -1.14. The predicted molar refractivity (Wildman–Crippen MR) is 150 cm³/mol. The number of hydrogen-bond donors (Lipinski definition) is 0. The van der Waals surface area contributed by atoms with Crippen molar-refractivity contribution in [3.63, 3.8) is 0 Å². The van der Waals surface area contributed by atoms with Crippen molar-refractivity contribution in [2.45, 2.75) is 96.5 Å². The van der Waals surface area contributed by atoms with Crippen molar-refractivity contribution in [1.29, 1.82) is 0 Å². The molecule has 3 aliphatic carbocycles. The van der Waals surface area contributed by atoms with Crippen LogP contribution in [0.4, 0.5) is 0 Å². The summed E-state index contributed by atoms with van der Waals surface area (Å²) in [7, 11) is 1.69. The zero-order chi connectivity index (χ0) is 27.3. The third-order valence-electron chi connectivity index (χ3n) is 10.7. The number of methoxy groups -OCH3 is 1. The molecule has 5 rings (SSSR count). The number of carbonyl (C=O) groups excluding carboxylic acids is 2. The first kappa shape index (κ1) is 27.0. The van der Waals surface area contributed by atoms with Gasteiger partial charge in [0.05, 0.1) is 7.11 Å². The minimum absolute atomic E-state index is 0.0408. The Morgan fingerprint density at radius 2 is 1.74 bits per heavy atom. The summed E-state index contributed by atoms with van der Waals surface area (Å²) in [6, 6.07) is 16.9. The molecule has 2 aromatic carbocycles. The summed E-state index contributed by atoms with van der Waals surface area (Å²) in [5.41, 5.74) is 2.25. The van der Waals surface area contributed by atoms with Gasteiger partial charge in [-0.05, 0) is 90.5 Å². The van der Waals surface area contributed by atoms with E-state index in [9.17, 15) is 9.59 Å². The van der Waals surface area contributed by atoms with Gasteiger partial charge in [-0.3, -0.25) is 9.59 Å². The van der Waals surface area contributed by atoms with Crippen LogP contribution >= 0.6 is 0 Å². The molecule has 2 saturated carbocycles. The van der Waals surface area contributed by atoms with Gasteiger partial charge in [-0.2, -0.15) is 0 Å². The minimum Gasteiger partial charge on any atom is -0.497 e. The Morgan fingerprint density at radius 3 is 2.45 bits per heavy atom. The van der Waals surface area contributed by atoms with E-state index in [4.69, 9.17) is 9.47 Å². The van der Waals surface area contributed by atoms with Crippen molar-refractivity contribution >= 4 is 11.8 Å². The van der Waals surface area contributed by atoms with E-state index in [2.05, 4.69) is 64.1 Å². The number of Topliss-reactive ketones (excluding diaryl/α,β-unsaturated/α-hetero) is 1. The Bertz CT molecular complexity index is 1200. The number of hydrogen-bond acceptors (Lipinski definition) is 4. The Morgan fingerprint density at radius 1 is 1.00 bits per heavy atom. The Labute approximate surface area is 228 Å². The van der Waals surface area contributed by atoms with Crippen LogP contribution in [0, 0.1) is 23.2 Å². The van der Waals surface area contributed by atoms with Crippen LogP contribution in [-0.4, -0.2) is 25.0 Å². The van der Waals surface area contributed by atoms with E-state index in [1.807, 2.05) is 19.1 Å². The molecule has 204 valence electrons. The lowest BCUT2D eigenvalue weighted by molar-refractivity contribution is -0.179. The largest absolute Gasteiger partial charge is 0.497 e. The standard InChI is InChI=1S/C34H44O4/c1-22-12-16-26(32(2,3)24-10-8-7-9-11-24)28(20-22)38-31(36)34(5)29-17-14-23-13-15-25(37-6)21-27(23)33(29,4)19-18-30(34)35/h7-11,13,15,21-22,26,28-29H,12,14,16-20H2,1-6H3/t22-,26-,28-,29+,33+,34+/m1/s1. The third-order valence-corrected chi connectivity index (χ3v) is 10.7. The summed E-state index contributed by atoms with van der Waals surface area (Å²) in [5, 5.41) is 0. The highest BCUT2D eigenvalue weighted by Crippen LogP contribution is 2.57. The molecule has 0 radical (unpaired) electrons. The summed E-state index contributed by atoms with van der Waals surface area (Å²) in [4.78, 5) is 27.9. The quantitative estimate of drug-likeness (QED) is 0.311. The van der Waals surface area contributed by atoms with Gasteiger partial charge < -0.3 is 9.47 Å². The van der Waals surface area contributed by atoms with Gasteiger partial charge in [0.25, 0.3) is 0 Å². The molecule has 6 atom stereocenters. The van der Waals surface area contributed by atoms with Crippen molar-refractivity contribution in [2.75, 3.05) is 7.11 Å². The van der Waals surface area contributed by atoms with Crippen molar-refractivity contribution in [2.24, 2.45) is 23.2 Å². The van der Waals surface area contributed by atoms with E-state index in [0.717, 1.165) is 44.3 Å². The summed E-state index contributed by atoms with van der Waals surface area (Å²) >= 11 is 0. The van der Waals surface area contributed by atoms with E-state index in [1.165, 1.54) is 16.7 Å². The van der Waals surface area contributed by atoms with Crippen molar-refractivity contribution in [1.82, 2.24) is 0 Å². The van der Waals surface area contributed by atoms with Crippen LogP contribution in [-0.2, 0) is 31.6 Å². The maximum atomic E-state index is 14.3. The van der Waals surface area contributed by atoms with Crippen LogP contribution < -0.4 is 4.74 Å². The predicted octanol–water partition coefficient (Wildman–Crippen LogP) is 7.21. The number of rotatable bonds is 5. The molecule has 4 heteroatoms. The van der Waals surface area contributed by atoms with Gasteiger partial charge in [0, 0.05) is 12.3 Å². The lowest BCUT2D eigenvalue weighted by Crippen LogP contribution is -2.58. The van der Waals surface area contributed by atoms with Crippen molar-refractivity contribution in [3.8, 4) is 5.75 Å². The lowest BCUT2D eigenvalue weighted by Gasteiger charge is -2.53. The number of fused-ring (bicyclic) bond motifs is 3. The SMILES string of the molecule is COc1ccc2c(c1)[C@]1(C)CCC(=O)[C@@](C)(C(=O)O[C@@H]3C[C@H](C)CC[C@H]3C(C)(C)c3ccccc3)[C@H]1CC2. The molecular weight excluding hydrogens is 472 g/mol. The summed E-state index contributed by atoms with van der Waals surface area (Å²) in [6.07, 6.45) is 5.62. The molecule has 2 fully saturated rings. The molecular formula is C34H44O4. The topological polar surface area (TPSA) is 52.6 Å². The van der Waals surface area contributed by atoms with Gasteiger partial charge in [-0.25, -0.2) is 0 Å². The van der Waals surface area contributed by atoms with Crippen LogP contribution in [0.15, 0.2) is 48.5 Å². The first-order valence-corrected chi connectivity index (χ1v) is 14.5. The normalized spacial score (nSPS) is 33.2. The number of aryl methyl sites for hydroxylation is 1. The van der Waals surface area contributed by atoms with E-state index in [0.29, 0.717) is 12.3 Å². The molecule has 0 aliphatic heterocycles. The highest BCUT2D eigenvalue weighted by atomic mass is 16.5. The highest BCUT2D eigenvalue weighted by Gasteiger charge is 2.61. The maximum Gasteiger partial charge on any atom is 0.319 e.